The maximum Gasteiger partial charge on any atom is 0.282 e. The minimum absolute atomic E-state index is 0.0913. The summed E-state index contributed by atoms with van der Waals surface area (Å²) in [5.74, 6) is -0.271. The summed E-state index contributed by atoms with van der Waals surface area (Å²) in [7, 11) is 0. The first kappa shape index (κ1) is 14.5. The van der Waals surface area contributed by atoms with Crippen molar-refractivity contribution in [1.82, 2.24) is 0 Å². The second kappa shape index (κ2) is 6.03. The molecule has 20 heavy (non-hydrogen) atoms. The molecule has 1 aromatic rings. The molecule has 0 aliphatic carbocycles. The number of nitro groups is 1. The molecule has 1 unspecified atom stereocenters. The van der Waals surface area contributed by atoms with Gasteiger partial charge in [-0.1, -0.05) is 12.8 Å². The minimum Gasteiger partial charge on any atom is -0.369 e. The van der Waals surface area contributed by atoms with Crippen molar-refractivity contribution in [3.63, 3.8) is 0 Å². The molecule has 1 atom stereocenters. The number of hydrogen-bond acceptors (Lipinski definition) is 4. The highest BCUT2D eigenvalue weighted by molar-refractivity contribution is 5.98. The zero-order valence-corrected chi connectivity index (χ0v) is 12.0. The quantitative estimate of drug-likeness (QED) is 0.481. The van der Waals surface area contributed by atoms with Gasteiger partial charge in [-0.3, -0.25) is 14.9 Å². The Balaban J connectivity index is 2.39. The van der Waals surface area contributed by atoms with E-state index in [1.165, 1.54) is 19.8 Å². The van der Waals surface area contributed by atoms with Crippen molar-refractivity contribution in [2.75, 3.05) is 11.4 Å². The summed E-state index contributed by atoms with van der Waals surface area (Å²) in [4.78, 5) is 24.3. The van der Waals surface area contributed by atoms with Gasteiger partial charge in [0.15, 0.2) is 5.78 Å². The standard InChI is InChI=1S/C15H20N2O3/c1-11-6-4-3-5-9-16(11)13-7-8-14(12(2)18)15(10-13)17(19)20/h7-8,10-11H,3-6,9H2,1-2H3. The van der Waals surface area contributed by atoms with Crippen LogP contribution in [0.2, 0.25) is 0 Å². The van der Waals surface area contributed by atoms with Gasteiger partial charge in [-0.2, -0.15) is 0 Å². The molecule has 0 aromatic heterocycles. The van der Waals surface area contributed by atoms with Gasteiger partial charge in [-0.15, -0.1) is 0 Å². The molecular formula is C15H20N2O3. The monoisotopic (exact) mass is 276 g/mol. The van der Waals surface area contributed by atoms with Crippen LogP contribution in [0.1, 0.15) is 49.9 Å². The van der Waals surface area contributed by atoms with Gasteiger partial charge in [0, 0.05) is 24.3 Å². The molecule has 5 nitrogen and oxygen atoms in total. The lowest BCUT2D eigenvalue weighted by Gasteiger charge is -2.29. The molecule has 0 saturated carbocycles. The summed E-state index contributed by atoms with van der Waals surface area (Å²) in [5, 5.41) is 11.1. The molecule has 0 spiro atoms. The molecule has 108 valence electrons. The Labute approximate surface area is 118 Å². The van der Waals surface area contributed by atoms with E-state index in [4.69, 9.17) is 0 Å². The molecular weight excluding hydrogens is 256 g/mol. The van der Waals surface area contributed by atoms with E-state index in [0.29, 0.717) is 6.04 Å². The van der Waals surface area contributed by atoms with E-state index in [2.05, 4.69) is 11.8 Å². The number of carbonyl (C=O) groups excluding carboxylic acids is 1. The fraction of sp³-hybridized carbons (Fsp3) is 0.533. The van der Waals surface area contributed by atoms with E-state index in [9.17, 15) is 14.9 Å². The second-order valence-corrected chi connectivity index (χ2v) is 5.41. The van der Waals surface area contributed by atoms with Crippen molar-refractivity contribution >= 4 is 17.2 Å². The smallest absolute Gasteiger partial charge is 0.282 e. The molecule has 1 aliphatic rings. The first-order chi connectivity index (χ1) is 9.50. The number of anilines is 1. The molecule has 5 heteroatoms. The Kier molecular flexibility index (Phi) is 4.37. The van der Waals surface area contributed by atoms with Crippen LogP contribution in [0.5, 0.6) is 0 Å². The number of carbonyl (C=O) groups is 1. The lowest BCUT2D eigenvalue weighted by Crippen LogP contribution is -2.32. The molecule has 0 N–H and O–H groups in total. The lowest BCUT2D eigenvalue weighted by atomic mass is 10.1. The van der Waals surface area contributed by atoms with E-state index < -0.39 is 4.92 Å². The van der Waals surface area contributed by atoms with Crippen molar-refractivity contribution in [3.05, 3.63) is 33.9 Å². The Morgan fingerprint density at radius 3 is 2.75 bits per heavy atom. The molecule has 0 amide bonds. The van der Waals surface area contributed by atoms with Crippen LogP contribution >= 0.6 is 0 Å². The Morgan fingerprint density at radius 2 is 2.10 bits per heavy atom. The summed E-state index contributed by atoms with van der Waals surface area (Å²) >= 11 is 0. The zero-order chi connectivity index (χ0) is 14.7. The van der Waals surface area contributed by atoms with Gasteiger partial charge in [0.25, 0.3) is 5.69 Å². The minimum atomic E-state index is -0.470. The van der Waals surface area contributed by atoms with Crippen LogP contribution in [0.15, 0.2) is 18.2 Å². The second-order valence-electron chi connectivity index (χ2n) is 5.41. The number of hydrogen-bond donors (Lipinski definition) is 0. The van der Waals surface area contributed by atoms with E-state index in [0.717, 1.165) is 25.1 Å². The van der Waals surface area contributed by atoms with Gasteiger partial charge in [-0.05, 0) is 38.8 Å². The summed E-state index contributed by atoms with van der Waals surface area (Å²) in [6.45, 7) is 4.42. The maximum absolute atomic E-state index is 11.5. The molecule has 1 saturated heterocycles. The van der Waals surface area contributed by atoms with Gasteiger partial charge >= 0.3 is 0 Å². The predicted molar refractivity (Wildman–Crippen MR) is 78.4 cm³/mol. The zero-order valence-electron chi connectivity index (χ0n) is 12.0. The van der Waals surface area contributed by atoms with Gasteiger partial charge in [0.1, 0.15) is 0 Å². The van der Waals surface area contributed by atoms with Crippen molar-refractivity contribution in [3.8, 4) is 0 Å². The number of rotatable bonds is 3. The summed E-state index contributed by atoms with van der Waals surface area (Å²) in [5.41, 5.74) is 0.934. The average molecular weight is 276 g/mol. The highest BCUT2D eigenvalue weighted by Gasteiger charge is 2.22. The van der Waals surface area contributed by atoms with Crippen molar-refractivity contribution < 1.29 is 9.72 Å². The topological polar surface area (TPSA) is 63.5 Å². The van der Waals surface area contributed by atoms with E-state index in [-0.39, 0.29) is 17.0 Å². The van der Waals surface area contributed by atoms with Crippen LogP contribution in [-0.2, 0) is 0 Å². The van der Waals surface area contributed by atoms with Crippen LogP contribution in [0.4, 0.5) is 11.4 Å². The lowest BCUT2D eigenvalue weighted by molar-refractivity contribution is -0.385. The number of ketones is 1. The highest BCUT2D eigenvalue weighted by Crippen LogP contribution is 2.29. The molecule has 2 rings (SSSR count). The van der Waals surface area contributed by atoms with Gasteiger partial charge in [-0.25, -0.2) is 0 Å². The largest absolute Gasteiger partial charge is 0.369 e. The summed E-state index contributed by atoms with van der Waals surface area (Å²) in [6, 6.07) is 5.32. The normalized spacial score (nSPS) is 19.5. The van der Waals surface area contributed by atoms with Crippen molar-refractivity contribution in [1.29, 1.82) is 0 Å². The van der Waals surface area contributed by atoms with Crippen LogP contribution < -0.4 is 4.90 Å². The van der Waals surface area contributed by atoms with Crippen molar-refractivity contribution in [2.45, 2.75) is 45.6 Å². The van der Waals surface area contributed by atoms with Crippen LogP contribution in [0.3, 0.4) is 0 Å². The van der Waals surface area contributed by atoms with Crippen LogP contribution in [-0.4, -0.2) is 23.3 Å². The Hall–Kier alpha value is -1.91. The van der Waals surface area contributed by atoms with Crippen molar-refractivity contribution in [2.24, 2.45) is 0 Å². The number of nitro benzene ring substituents is 1. The molecule has 1 aromatic carbocycles. The SMILES string of the molecule is CC(=O)c1ccc(N2CCCCCC2C)cc1[N+](=O)[O-]. The van der Waals surface area contributed by atoms with E-state index >= 15 is 0 Å². The van der Waals surface area contributed by atoms with E-state index in [1.54, 1.807) is 12.1 Å². The first-order valence-corrected chi connectivity index (χ1v) is 7.06. The average Bonchev–Trinajstić information content (AvgIpc) is 2.62. The third kappa shape index (κ3) is 2.98. The molecule has 1 heterocycles. The molecule has 1 fully saturated rings. The first-order valence-electron chi connectivity index (χ1n) is 7.06. The van der Waals surface area contributed by atoms with Gasteiger partial charge in [0.05, 0.1) is 10.5 Å². The fourth-order valence-corrected chi connectivity index (χ4v) is 2.81. The predicted octanol–water partition coefficient (Wildman–Crippen LogP) is 3.57. The van der Waals surface area contributed by atoms with Gasteiger partial charge in [0.2, 0.25) is 0 Å². The van der Waals surface area contributed by atoms with Gasteiger partial charge < -0.3 is 4.90 Å². The molecule has 1 aliphatic heterocycles. The third-order valence-corrected chi connectivity index (χ3v) is 3.94. The number of benzene rings is 1. The highest BCUT2D eigenvalue weighted by atomic mass is 16.6. The maximum atomic E-state index is 11.5. The van der Waals surface area contributed by atoms with Crippen LogP contribution in [0.25, 0.3) is 0 Å². The summed E-state index contributed by atoms with van der Waals surface area (Å²) in [6.07, 6.45) is 4.61. The molecule has 0 radical (unpaired) electrons. The summed E-state index contributed by atoms with van der Waals surface area (Å²) < 4.78 is 0. The van der Waals surface area contributed by atoms with E-state index in [1.807, 2.05) is 6.07 Å². The fourth-order valence-electron chi connectivity index (χ4n) is 2.81. The Bertz CT molecular complexity index is 528. The van der Waals surface area contributed by atoms with Crippen LogP contribution in [0, 0.1) is 10.1 Å². The number of Topliss-reactive ketones (excluding diaryl/α,β-unsaturated/α-hetero) is 1. The third-order valence-electron chi connectivity index (χ3n) is 3.94. The number of nitrogens with zero attached hydrogens (tertiary/aromatic N) is 2. The molecule has 0 bridgehead atoms. The Morgan fingerprint density at radius 1 is 1.35 bits per heavy atom.